The van der Waals surface area contributed by atoms with Crippen LogP contribution in [0.15, 0.2) is 85.2 Å². The number of nitrogens with zero attached hydrogens (tertiary/aromatic N) is 2. The lowest BCUT2D eigenvalue weighted by molar-refractivity contribution is 0.0595. The number of aliphatic hydroxyl groups excluding tert-OH is 1. The summed E-state index contributed by atoms with van der Waals surface area (Å²) in [4.78, 5) is 19.7. The summed E-state index contributed by atoms with van der Waals surface area (Å²) in [5, 5.41) is 10.5. The zero-order valence-corrected chi connectivity index (χ0v) is 18.7. The van der Waals surface area contributed by atoms with Crippen LogP contribution in [-0.4, -0.2) is 28.2 Å². The fraction of sp³-hybridized carbons (Fsp3) is 0.0800. The molecule has 2 aromatic heterocycles. The van der Waals surface area contributed by atoms with Gasteiger partial charge >= 0.3 is 5.97 Å². The minimum Gasteiger partial charge on any atom is -0.464 e. The number of rotatable bonds is 4. The third kappa shape index (κ3) is 5.92. The molecule has 1 N–H and O–H groups in total. The molecule has 0 aliphatic rings. The Morgan fingerprint density at radius 3 is 1.84 bits per heavy atom. The van der Waals surface area contributed by atoms with E-state index in [9.17, 15) is 4.79 Å². The Kier molecular flexibility index (Phi) is 8.34. The number of esters is 1. The van der Waals surface area contributed by atoms with Gasteiger partial charge in [0.15, 0.2) is 5.69 Å². The van der Waals surface area contributed by atoms with Gasteiger partial charge in [0.05, 0.1) is 19.4 Å². The maximum absolute atomic E-state index is 11.6. The number of carbonyl (C=O) groups is 1. The first-order chi connectivity index (χ1) is 15.5. The number of methoxy groups -OCH3 is 1. The van der Waals surface area contributed by atoms with E-state index >= 15 is 0 Å². The third-order valence-corrected chi connectivity index (χ3v) is 5.04. The molecule has 0 saturated heterocycles. The maximum Gasteiger partial charge on any atom is 0.357 e. The van der Waals surface area contributed by atoms with Gasteiger partial charge in [-0.05, 0) is 47.5 Å². The first-order valence-electron chi connectivity index (χ1n) is 9.63. The molecule has 0 radical (unpaired) electrons. The second kappa shape index (κ2) is 11.4. The SMILES string of the molecule is COC(=O)c1ncccc1-c1ccc(Cl)cc1.OCc1ncccc1-c1ccc(Cl)cc1. The van der Waals surface area contributed by atoms with Crippen LogP contribution in [0.3, 0.4) is 0 Å². The first-order valence-corrected chi connectivity index (χ1v) is 10.4. The van der Waals surface area contributed by atoms with Crippen molar-refractivity contribution in [3.8, 4) is 22.3 Å². The van der Waals surface area contributed by atoms with E-state index in [1.807, 2.05) is 54.6 Å². The number of halogens is 2. The Morgan fingerprint density at radius 1 is 0.812 bits per heavy atom. The molecule has 0 aliphatic heterocycles. The molecule has 4 aromatic rings. The van der Waals surface area contributed by atoms with Crippen molar-refractivity contribution < 1.29 is 14.6 Å². The number of aliphatic hydroxyl groups is 1. The molecule has 5 nitrogen and oxygen atoms in total. The molecule has 32 heavy (non-hydrogen) atoms. The van der Waals surface area contributed by atoms with Crippen LogP contribution in [0.25, 0.3) is 22.3 Å². The highest BCUT2D eigenvalue weighted by atomic mass is 35.5. The summed E-state index contributed by atoms with van der Waals surface area (Å²) in [6.07, 6.45) is 3.23. The van der Waals surface area contributed by atoms with Crippen LogP contribution >= 0.6 is 23.2 Å². The molecule has 0 bridgehead atoms. The van der Waals surface area contributed by atoms with E-state index in [4.69, 9.17) is 33.0 Å². The molecule has 0 atom stereocenters. The van der Waals surface area contributed by atoms with E-state index in [2.05, 4.69) is 9.97 Å². The van der Waals surface area contributed by atoms with Crippen molar-refractivity contribution in [1.82, 2.24) is 9.97 Å². The molecule has 0 amide bonds. The Balaban J connectivity index is 0.000000182. The average molecular weight is 467 g/mol. The molecule has 0 unspecified atom stereocenters. The van der Waals surface area contributed by atoms with Crippen molar-refractivity contribution >= 4 is 29.2 Å². The summed E-state index contributed by atoms with van der Waals surface area (Å²) >= 11 is 11.6. The minimum atomic E-state index is -0.449. The van der Waals surface area contributed by atoms with Crippen molar-refractivity contribution in [3.05, 3.63) is 107 Å². The summed E-state index contributed by atoms with van der Waals surface area (Å²) in [5.74, 6) is -0.449. The third-order valence-electron chi connectivity index (χ3n) is 4.54. The normalized spacial score (nSPS) is 10.1. The zero-order chi connectivity index (χ0) is 22.9. The number of pyridine rings is 2. The number of ether oxygens (including phenoxy) is 1. The number of hydrogen-bond acceptors (Lipinski definition) is 5. The standard InChI is InChI=1S/C13H10ClNO2.C12H10ClNO/c1-17-13(16)12-11(3-2-8-15-12)9-4-6-10(14)7-5-9;13-10-5-3-9(4-6-10)11-2-1-7-14-12(11)8-15/h2-8H,1H3;1-7,15H,8H2. The lowest BCUT2D eigenvalue weighted by Gasteiger charge is -2.06. The van der Waals surface area contributed by atoms with Crippen LogP contribution in [0.1, 0.15) is 16.2 Å². The van der Waals surface area contributed by atoms with Gasteiger partial charge in [-0.1, -0.05) is 59.6 Å². The monoisotopic (exact) mass is 466 g/mol. The van der Waals surface area contributed by atoms with Gasteiger partial charge in [-0.2, -0.15) is 0 Å². The topological polar surface area (TPSA) is 72.3 Å². The quantitative estimate of drug-likeness (QED) is 0.368. The van der Waals surface area contributed by atoms with Gasteiger partial charge in [0, 0.05) is 33.6 Å². The van der Waals surface area contributed by atoms with Crippen LogP contribution in [0.5, 0.6) is 0 Å². The van der Waals surface area contributed by atoms with Gasteiger partial charge in [0.25, 0.3) is 0 Å². The Hall–Kier alpha value is -3.25. The highest BCUT2D eigenvalue weighted by Crippen LogP contribution is 2.25. The fourth-order valence-corrected chi connectivity index (χ4v) is 3.24. The van der Waals surface area contributed by atoms with Gasteiger partial charge in [0.1, 0.15) is 0 Å². The van der Waals surface area contributed by atoms with Gasteiger partial charge in [-0.3, -0.25) is 4.98 Å². The lowest BCUT2D eigenvalue weighted by atomic mass is 10.0. The van der Waals surface area contributed by atoms with Crippen molar-refractivity contribution in [2.45, 2.75) is 6.61 Å². The van der Waals surface area contributed by atoms with E-state index in [-0.39, 0.29) is 6.61 Å². The first kappa shape index (κ1) is 23.4. The number of hydrogen-bond donors (Lipinski definition) is 1. The van der Waals surface area contributed by atoms with E-state index < -0.39 is 5.97 Å². The highest BCUT2D eigenvalue weighted by molar-refractivity contribution is 6.30. The summed E-state index contributed by atoms with van der Waals surface area (Å²) in [6, 6.07) is 22.1. The predicted octanol–water partition coefficient (Wildman–Crippen LogP) is 6.08. The predicted molar refractivity (Wildman–Crippen MR) is 127 cm³/mol. The smallest absolute Gasteiger partial charge is 0.357 e. The van der Waals surface area contributed by atoms with Crippen LogP contribution < -0.4 is 0 Å². The Bertz CT molecular complexity index is 1180. The fourth-order valence-electron chi connectivity index (χ4n) is 2.98. The number of aromatic nitrogens is 2. The lowest BCUT2D eigenvalue weighted by Crippen LogP contribution is -2.06. The van der Waals surface area contributed by atoms with Crippen molar-refractivity contribution in [3.63, 3.8) is 0 Å². The van der Waals surface area contributed by atoms with E-state index in [0.717, 1.165) is 22.3 Å². The summed E-state index contributed by atoms with van der Waals surface area (Å²) in [7, 11) is 1.34. The Morgan fingerprint density at radius 2 is 1.31 bits per heavy atom. The second-order valence-electron chi connectivity index (χ2n) is 6.56. The molecule has 162 valence electrons. The summed E-state index contributed by atoms with van der Waals surface area (Å²) < 4.78 is 4.69. The molecule has 0 fully saturated rings. The molecule has 0 aliphatic carbocycles. The molecule has 0 saturated carbocycles. The average Bonchev–Trinajstić information content (AvgIpc) is 2.85. The largest absolute Gasteiger partial charge is 0.464 e. The maximum atomic E-state index is 11.6. The van der Waals surface area contributed by atoms with Crippen LogP contribution in [0.4, 0.5) is 0 Å². The van der Waals surface area contributed by atoms with Gasteiger partial charge in [-0.15, -0.1) is 0 Å². The summed E-state index contributed by atoms with van der Waals surface area (Å²) in [6.45, 7) is -0.0567. The molecule has 2 heterocycles. The van der Waals surface area contributed by atoms with Gasteiger partial charge < -0.3 is 9.84 Å². The zero-order valence-electron chi connectivity index (χ0n) is 17.2. The summed E-state index contributed by atoms with van der Waals surface area (Å²) in [5.41, 5.74) is 4.55. The van der Waals surface area contributed by atoms with Crippen LogP contribution in [-0.2, 0) is 11.3 Å². The van der Waals surface area contributed by atoms with E-state index in [1.54, 1.807) is 30.6 Å². The van der Waals surface area contributed by atoms with Crippen molar-refractivity contribution in [2.24, 2.45) is 0 Å². The minimum absolute atomic E-state index is 0.0567. The number of carbonyl (C=O) groups excluding carboxylic acids is 1. The molecule has 0 spiro atoms. The highest BCUT2D eigenvalue weighted by Gasteiger charge is 2.14. The van der Waals surface area contributed by atoms with Gasteiger partial charge in [0.2, 0.25) is 0 Å². The van der Waals surface area contributed by atoms with E-state index in [0.29, 0.717) is 21.4 Å². The molecule has 4 rings (SSSR count). The molecular weight excluding hydrogens is 447 g/mol. The van der Waals surface area contributed by atoms with Crippen LogP contribution in [0, 0.1) is 0 Å². The van der Waals surface area contributed by atoms with E-state index in [1.165, 1.54) is 7.11 Å². The van der Waals surface area contributed by atoms with Crippen molar-refractivity contribution in [2.75, 3.05) is 7.11 Å². The van der Waals surface area contributed by atoms with Gasteiger partial charge in [-0.25, -0.2) is 9.78 Å². The molecule has 7 heteroatoms. The molecule has 2 aromatic carbocycles. The second-order valence-corrected chi connectivity index (χ2v) is 7.43. The number of benzene rings is 2. The molecular formula is C25H20Cl2N2O3. The Labute approximate surface area is 196 Å². The van der Waals surface area contributed by atoms with Crippen molar-refractivity contribution in [1.29, 1.82) is 0 Å². The van der Waals surface area contributed by atoms with Crippen LogP contribution in [0.2, 0.25) is 10.0 Å².